The van der Waals surface area contributed by atoms with Gasteiger partial charge in [-0.1, -0.05) is 36.7 Å². The fourth-order valence-corrected chi connectivity index (χ4v) is 1.80. The van der Waals surface area contributed by atoms with Crippen molar-refractivity contribution in [3.8, 4) is 0 Å². The highest BCUT2D eigenvalue weighted by atomic mass is 79.9. The first-order valence-electron chi connectivity index (χ1n) is 5.85. The molecule has 0 amide bonds. The van der Waals surface area contributed by atoms with E-state index in [4.69, 9.17) is 0 Å². The Morgan fingerprint density at radius 1 is 1.38 bits per heavy atom. The summed E-state index contributed by atoms with van der Waals surface area (Å²) in [6.07, 6.45) is 3.72. The summed E-state index contributed by atoms with van der Waals surface area (Å²) in [5, 5.41) is 4.25. The zero-order valence-corrected chi connectivity index (χ0v) is 12.5. The highest BCUT2D eigenvalue weighted by molar-refractivity contribution is 9.09. The van der Waals surface area contributed by atoms with E-state index in [1.165, 1.54) is 0 Å². The summed E-state index contributed by atoms with van der Waals surface area (Å²) in [6, 6.07) is 0.390. The SMILES string of the molecule is CC(C)n1ncnc1CCC(Br)C(C)(C)C. The molecule has 0 saturated carbocycles. The van der Waals surface area contributed by atoms with Gasteiger partial charge in [-0.15, -0.1) is 0 Å². The number of nitrogens with zero attached hydrogens (tertiary/aromatic N) is 3. The van der Waals surface area contributed by atoms with Crippen molar-refractivity contribution < 1.29 is 0 Å². The molecule has 3 nitrogen and oxygen atoms in total. The van der Waals surface area contributed by atoms with Crippen LogP contribution in [0.4, 0.5) is 0 Å². The molecular weight excluding hydrogens is 266 g/mol. The molecule has 0 aliphatic carbocycles. The van der Waals surface area contributed by atoms with Crippen LogP contribution in [-0.2, 0) is 6.42 Å². The van der Waals surface area contributed by atoms with Gasteiger partial charge in [0, 0.05) is 17.3 Å². The first-order chi connectivity index (χ1) is 7.32. The van der Waals surface area contributed by atoms with E-state index in [2.05, 4.69) is 60.6 Å². The van der Waals surface area contributed by atoms with E-state index in [0.717, 1.165) is 18.7 Å². The maximum atomic E-state index is 4.32. The molecule has 1 atom stereocenters. The van der Waals surface area contributed by atoms with Gasteiger partial charge in [-0.25, -0.2) is 9.67 Å². The number of aromatic nitrogens is 3. The lowest BCUT2D eigenvalue weighted by atomic mass is 9.89. The van der Waals surface area contributed by atoms with Crippen molar-refractivity contribution in [3.05, 3.63) is 12.2 Å². The number of alkyl halides is 1. The lowest BCUT2D eigenvalue weighted by Crippen LogP contribution is -2.21. The molecule has 1 aromatic rings. The van der Waals surface area contributed by atoms with Crippen LogP contribution < -0.4 is 0 Å². The third-order valence-corrected chi connectivity index (χ3v) is 4.53. The van der Waals surface area contributed by atoms with Crippen LogP contribution in [0.2, 0.25) is 0 Å². The van der Waals surface area contributed by atoms with Gasteiger partial charge < -0.3 is 0 Å². The van der Waals surface area contributed by atoms with Gasteiger partial charge in [-0.05, 0) is 25.7 Å². The predicted molar refractivity (Wildman–Crippen MR) is 70.9 cm³/mol. The summed E-state index contributed by atoms with van der Waals surface area (Å²) >= 11 is 3.75. The summed E-state index contributed by atoms with van der Waals surface area (Å²) in [5.41, 5.74) is 0.294. The van der Waals surface area contributed by atoms with E-state index in [1.54, 1.807) is 6.33 Å². The molecule has 0 radical (unpaired) electrons. The van der Waals surface area contributed by atoms with Gasteiger partial charge in [0.05, 0.1) is 0 Å². The standard InChI is InChI=1S/C12H22BrN3/c1-9(2)16-11(14-8-15-16)7-6-10(13)12(3,4)5/h8-10H,6-7H2,1-5H3. The largest absolute Gasteiger partial charge is 0.248 e. The molecule has 0 fully saturated rings. The monoisotopic (exact) mass is 287 g/mol. The summed E-state index contributed by atoms with van der Waals surface area (Å²) in [6.45, 7) is 11.0. The minimum atomic E-state index is 0.294. The van der Waals surface area contributed by atoms with E-state index in [0.29, 0.717) is 16.3 Å². The quantitative estimate of drug-likeness (QED) is 0.792. The maximum Gasteiger partial charge on any atom is 0.138 e. The molecule has 0 aromatic carbocycles. The molecule has 0 aliphatic heterocycles. The van der Waals surface area contributed by atoms with Gasteiger partial charge in [-0.2, -0.15) is 5.10 Å². The van der Waals surface area contributed by atoms with Crippen LogP contribution in [0.5, 0.6) is 0 Å². The molecule has 1 unspecified atom stereocenters. The average Bonchev–Trinajstić information content (AvgIpc) is 2.60. The van der Waals surface area contributed by atoms with Crippen LogP contribution in [0.1, 0.15) is 52.9 Å². The Bertz CT molecular complexity index is 325. The molecule has 0 spiro atoms. The van der Waals surface area contributed by atoms with Crippen molar-refractivity contribution in [1.29, 1.82) is 0 Å². The summed E-state index contributed by atoms with van der Waals surface area (Å²) in [7, 11) is 0. The van der Waals surface area contributed by atoms with Gasteiger partial charge in [0.1, 0.15) is 12.2 Å². The lowest BCUT2D eigenvalue weighted by molar-refractivity contribution is 0.380. The number of hydrogen-bond acceptors (Lipinski definition) is 2. The Morgan fingerprint density at radius 3 is 2.50 bits per heavy atom. The van der Waals surface area contributed by atoms with E-state index >= 15 is 0 Å². The fourth-order valence-electron chi connectivity index (χ4n) is 1.57. The number of aryl methyl sites for hydroxylation is 1. The van der Waals surface area contributed by atoms with Crippen molar-refractivity contribution >= 4 is 15.9 Å². The van der Waals surface area contributed by atoms with Gasteiger partial charge in [0.2, 0.25) is 0 Å². The Hall–Kier alpha value is -0.380. The molecule has 1 heterocycles. The molecule has 92 valence electrons. The van der Waals surface area contributed by atoms with Crippen LogP contribution in [0.3, 0.4) is 0 Å². The molecule has 0 bridgehead atoms. The van der Waals surface area contributed by atoms with Crippen LogP contribution in [0.15, 0.2) is 6.33 Å². The van der Waals surface area contributed by atoms with Crippen LogP contribution in [-0.4, -0.2) is 19.6 Å². The van der Waals surface area contributed by atoms with Gasteiger partial charge in [0.15, 0.2) is 0 Å². The minimum absolute atomic E-state index is 0.294. The Labute approximate surface area is 107 Å². The smallest absolute Gasteiger partial charge is 0.138 e. The summed E-state index contributed by atoms with van der Waals surface area (Å²) in [4.78, 5) is 4.83. The first kappa shape index (κ1) is 13.7. The predicted octanol–water partition coefficient (Wildman–Crippen LogP) is 3.60. The maximum absolute atomic E-state index is 4.32. The number of hydrogen-bond donors (Lipinski definition) is 0. The van der Waals surface area contributed by atoms with Crippen molar-refractivity contribution in [2.24, 2.45) is 5.41 Å². The van der Waals surface area contributed by atoms with Crippen LogP contribution in [0.25, 0.3) is 0 Å². The third kappa shape index (κ3) is 3.58. The summed E-state index contributed by atoms with van der Waals surface area (Å²) in [5.74, 6) is 1.09. The summed E-state index contributed by atoms with van der Waals surface area (Å²) < 4.78 is 2.00. The molecule has 0 aliphatic rings. The van der Waals surface area contributed by atoms with Crippen molar-refractivity contribution in [3.63, 3.8) is 0 Å². The van der Waals surface area contributed by atoms with E-state index in [1.807, 2.05) is 4.68 Å². The van der Waals surface area contributed by atoms with Crippen molar-refractivity contribution in [2.45, 2.75) is 58.3 Å². The zero-order valence-electron chi connectivity index (χ0n) is 10.9. The second-order valence-electron chi connectivity index (χ2n) is 5.59. The normalized spacial score (nSPS) is 14.4. The van der Waals surface area contributed by atoms with Gasteiger partial charge in [-0.3, -0.25) is 0 Å². The fraction of sp³-hybridized carbons (Fsp3) is 0.833. The second kappa shape index (κ2) is 5.30. The topological polar surface area (TPSA) is 30.7 Å². The van der Waals surface area contributed by atoms with E-state index < -0.39 is 0 Å². The van der Waals surface area contributed by atoms with Gasteiger partial charge in [0.25, 0.3) is 0 Å². The van der Waals surface area contributed by atoms with Crippen molar-refractivity contribution in [2.75, 3.05) is 0 Å². The molecule has 16 heavy (non-hydrogen) atoms. The highest BCUT2D eigenvalue weighted by Crippen LogP contribution is 2.29. The molecule has 0 N–H and O–H groups in total. The van der Waals surface area contributed by atoms with Crippen molar-refractivity contribution in [1.82, 2.24) is 14.8 Å². The number of rotatable bonds is 4. The zero-order chi connectivity index (χ0) is 12.3. The number of halogens is 1. The Balaban J connectivity index is 2.58. The molecule has 4 heteroatoms. The lowest BCUT2D eigenvalue weighted by Gasteiger charge is -2.25. The molecule has 0 saturated heterocycles. The second-order valence-corrected chi connectivity index (χ2v) is 6.69. The van der Waals surface area contributed by atoms with Gasteiger partial charge >= 0.3 is 0 Å². The molecule has 1 aromatic heterocycles. The first-order valence-corrected chi connectivity index (χ1v) is 6.76. The molecular formula is C12H22BrN3. The van der Waals surface area contributed by atoms with Crippen LogP contribution in [0, 0.1) is 5.41 Å². The van der Waals surface area contributed by atoms with Crippen LogP contribution >= 0.6 is 15.9 Å². The van der Waals surface area contributed by atoms with E-state index in [-0.39, 0.29) is 0 Å². The highest BCUT2D eigenvalue weighted by Gasteiger charge is 2.22. The van der Waals surface area contributed by atoms with E-state index in [9.17, 15) is 0 Å². The Kier molecular flexibility index (Phi) is 4.53. The minimum Gasteiger partial charge on any atom is -0.248 e. The third-order valence-electron chi connectivity index (χ3n) is 2.70. The Morgan fingerprint density at radius 2 is 2.00 bits per heavy atom. The molecule has 1 rings (SSSR count). The average molecular weight is 288 g/mol.